The molecule has 0 radical (unpaired) electrons. The maximum Gasteiger partial charge on any atom is 0.259 e. The third kappa shape index (κ3) is 4.76. The Kier molecular flexibility index (Phi) is 6.29. The van der Waals surface area contributed by atoms with Crippen LogP contribution in [0.4, 0.5) is 11.4 Å². The Balaban J connectivity index is 0.000000407. The van der Waals surface area contributed by atoms with E-state index in [2.05, 4.69) is 30.4 Å². The van der Waals surface area contributed by atoms with E-state index in [4.69, 9.17) is 17.0 Å². The summed E-state index contributed by atoms with van der Waals surface area (Å²) in [4.78, 5) is 5.60. The zero-order valence-corrected chi connectivity index (χ0v) is 17.3. The second-order valence-corrected chi connectivity index (χ2v) is 7.10. The van der Waals surface area contributed by atoms with Gasteiger partial charge in [0.15, 0.2) is 11.4 Å². The molecule has 1 aliphatic heterocycles. The minimum Gasteiger partial charge on any atom is -0.493 e. The van der Waals surface area contributed by atoms with Gasteiger partial charge in [0.05, 0.1) is 11.0 Å². The molecule has 4 N–H and O–H groups in total. The lowest BCUT2D eigenvalue weighted by molar-refractivity contribution is 0.198. The minimum atomic E-state index is -0.139. The monoisotopic (exact) mass is 436 g/mol. The summed E-state index contributed by atoms with van der Waals surface area (Å²) in [5.41, 5.74) is 2.01. The third-order valence-corrected chi connectivity index (χ3v) is 4.78. The number of benzene rings is 2. The Bertz CT molecular complexity index is 1170. The summed E-state index contributed by atoms with van der Waals surface area (Å²) in [7, 11) is 0. The van der Waals surface area contributed by atoms with Crippen LogP contribution in [0.15, 0.2) is 69.0 Å². The number of hydrogen-bond donors (Lipinski definition) is 4. The standard InChI is InChI=1S/C17H12N6O2S.C4H8O/c24-15-13(9-5-1-3-7-11(9)18-15)20-22-17(26)23-21-14-10-6-2-4-8-12(10)19-16(14)25;1-2-4-5-3-1/h1-8,18-19,24-25H;1-4H2. The Morgan fingerprint density at radius 1 is 0.774 bits per heavy atom. The van der Waals surface area contributed by atoms with Gasteiger partial charge >= 0.3 is 0 Å². The highest BCUT2D eigenvalue weighted by molar-refractivity contribution is 7.80. The number of azo groups is 2. The van der Waals surface area contributed by atoms with Crippen molar-refractivity contribution in [1.82, 2.24) is 9.97 Å². The van der Waals surface area contributed by atoms with Crippen molar-refractivity contribution in [3.8, 4) is 11.8 Å². The van der Waals surface area contributed by atoms with E-state index in [1.54, 1.807) is 12.1 Å². The van der Waals surface area contributed by atoms with Crippen LogP contribution < -0.4 is 0 Å². The fourth-order valence-electron chi connectivity index (χ4n) is 3.14. The molecular weight excluding hydrogens is 416 g/mol. The third-order valence-electron chi connectivity index (χ3n) is 4.62. The van der Waals surface area contributed by atoms with E-state index in [1.165, 1.54) is 12.8 Å². The first-order chi connectivity index (χ1) is 15.1. The summed E-state index contributed by atoms with van der Waals surface area (Å²) < 4.78 is 4.94. The Morgan fingerprint density at radius 3 is 1.65 bits per heavy atom. The fraction of sp³-hybridized carbons (Fsp3) is 0.190. The summed E-state index contributed by atoms with van der Waals surface area (Å²) in [6.45, 7) is 2.00. The molecule has 0 spiro atoms. The molecule has 158 valence electrons. The molecule has 2 aromatic heterocycles. The van der Waals surface area contributed by atoms with Crippen molar-refractivity contribution in [3.63, 3.8) is 0 Å². The maximum absolute atomic E-state index is 9.94. The van der Waals surface area contributed by atoms with Crippen molar-refractivity contribution in [1.29, 1.82) is 0 Å². The van der Waals surface area contributed by atoms with Gasteiger partial charge in [-0.15, -0.1) is 20.5 Å². The average Bonchev–Trinajstić information content (AvgIpc) is 3.51. The molecule has 0 aliphatic carbocycles. The van der Waals surface area contributed by atoms with Crippen LogP contribution in [-0.2, 0) is 4.74 Å². The van der Waals surface area contributed by atoms with Crippen molar-refractivity contribution in [2.45, 2.75) is 12.8 Å². The molecule has 0 unspecified atom stereocenters. The first-order valence-corrected chi connectivity index (χ1v) is 10.1. The van der Waals surface area contributed by atoms with E-state index in [0.29, 0.717) is 10.8 Å². The van der Waals surface area contributed by atoms with Crippen molar-refractivity contribution in [3.05, 3.63) is 48.5 Å². The lowest BCUT2D eigenvalue weighted by Crippen LogP contribution is -1.78. The van der Waals surface area contributed by atoms with Gasteiger partial charge in [-0.05, 0) is 37.2 Å². The highest BCUT2D eigenvalue weighted by atomic mass is 32.1. The molecular formula is C21H20N6O3S. The second kappa shape index (κ2) is 9.45. The van der Waals surface area contributed by atoms with E-state index >= 15 is 0 Å². The van der Waals surface area contributed by atoms with Crippen LogP contribution in [0.1, 0.15) is 12.8 Å². The van der Waals surface area contributed by atoms with E-state index in [9.17, 15) is 10.2 Å². The number of para-hydroxylation sites is 2. The Labute approximate surface area is 182 Å². The normalized spacial score (nSPS) is 13.9. The van der Waals surface area contributed by atoms with E-state index < -0.39 is 0 Å². The first-order valence-electron chi connectivity index (χ1n) is 9.68. The summed E-state index contributed by atoms with van der Waals surface area (Å²) in [5.74, 6) is -0.215. The predicted molar refractivity (Wildman–Crippen MR) is 122 cm³/mol. The number of nitrogens with zero attached hydrogens (tertiary/aromatic N) is 4. The van der Waals surface area contributed by atoms with Crippen molar-refractivity contribution in [2.75, 3.05) is 13.2 Å². The van der Waals surface area contributed by atoms with Gasteiger partial charge in [0.2, 0.25) is 11.8 Å². The number of aromatic hydroxyl groups is 2. The van der Waals surface area contributed by atoms with E-state index in [-0.39, 0.29) is 28.2 Å². The molecule has 1 aliphatic rings. The number of ether oxygens (including phenoxy) is 1. The zero-order valence-electron chi connectivity index (χ0n) is 16.4. The second-order valence-electron chi connectivity index (χ2n) is 6.74. The minimum absolute atomic E-state index is 0.107. The van der Waals surface area contributed by atoms with Crippen molar-refractivity contribution < 1.29 is 14.9 Å². The topological polar surface area (TPSA) is 131 Å². The Morgan fingerprint density at radius 2 is 1.23 bits per heavy atom. The van der Waals surface area contributed by atoms with Crippen LogP contribution in [0.3, 0.4) is 0 Å². The van der Waals surface area contributed by atoms with Gasteiger partial charge in [-0.3, -0.25) is 0 Å². The van der Waals surface area contributed by atoms with Crippen LogP contribution in [0.5, 0.6) is 11.8 Å². The molecule has 0 bridgehead atoms. The summed E-state index contributed by atoms with van der Waals surface area (Å²) >= 11 is 5.03. The predicted octanol–water partition coefficient (Wildman–Crippen LogP) is 6.01. The van der Waals surface area contributed by atoms with Gasteiger partial charge < -0.3 is 24.9 Å². The number of thiocarbonyl (C=S) groups is 1. The maximum atomic E-state index is 9.94. The SMILES string of the molecule is C1CCOC1.Oc1[nH]c2ccccc2c1N=NC(=S)N=Nc1c(O)[nH]c2ccccc12. The Hall–Kier alpha value is -3.63. The molecule has 0 saturated carbocycles. The van der Waals surface area contributed by atoms with E-state index in [1.807, 2.05) is 36.4 Å². The van der Waals surface area contributed by atoms with Gasteiger partial charge in [-0.1, -0.05) is 36.4 Å². The molecule has 4 aromatic rings. The quantitative estimate of drug-likeness (QED) is 0.226. The van der Waals surface area contributed by atoms with Gasteiger partial charge in [0.1, 0.15) is 0 Å². The lowest BCUT2D eigenvalue weighted by atomic mass is 10.2. The summed E-state index contributed by atoms with van der Waals surface area (Å²) in [5, 5.41) is 36.7. The van der Waals surface area contributed by atoms with Gasteiger partial charge in [-0.2, -0.15) is 0 Å². The molecule has 2 aromatic carbocycles. The molecule has 1 saturated heterocycles. The van der Waals surface area contributed by atoms with Gasteiger partial charge in [-0.25, -0.2) is 0 Å². The highest BCUT2D eigenvalue weighted by Gasteiger charge is 2.11. The summed E-state index contributed by atoms with van der Waals surface area (Å²) in [6.07, 6.45) is 2.56. The number of aromatic amines is 2. The molecule has 10 heteroatoms. The van der Waals surface area contributed by atoms with Gasteiger partial charge in [0, 0.05) is 24.0 Å². The number of fused-ring (bicyclic) bond motifs is 2. The molecule has 9 nitrogen and oxygen atoms in total. The fourth-order valence-corrected chi connectivity index (χ4v) is 3.23. The lowest BCUT2D eigenvalue weighted by Gasteiger charge is -1.92. The number of aromatic nitrogens is 2. The molecule has 1 fully saturated rings. The highest BCUT2D eigenvalue weighted by Crippen LogP contribution is 2.36. The van der Waals surface area contributed by atoms with Crippen molar-refractivity contribution >= 4 is 50.5 Å². The number of nitrogens with one attached hydrogen (secondary N) is 2. The van der Waals surface area contributed by atoms with Crippen LogP contribution in [0, 0.1) is 0 Å². The summed E-state index contributed by atoms with van der Waals surface area (Å²) in [6, 6.07) is 14.6. The van der Waals surface area contributed by atoms with Crippen LogP contribution in [-0.4, -0.2) is 38.5 Å². The van der Waals surface area contributed by atoms with Gasteiger partial charge in [0.25, 0.3) is 5.11 Å². The first kappa shape index (κ1) is 20.6. The number of hydrogen-bond acceptors (Lipinski definition) is 6. The molecule has 0 atom stereocenters. The molecule has 0 amide bonds. The number of rotatable bonds is 2. The number of H-pyrrole nitrogens is 2. The van der Waals surface area contributed by atoms with Crippen LogP contribution >= 0.6 is 12.2 Å². The van der Waals surface area contributed by atoms with Crippen LogP contribution in [0.25, 0.3) is 21.8 Å². The van der Waals surface area contributed by atoms with Crippen molar-refractivity contribution in [2.24, 2.45) is 20.5 Å². The molecule has 3 heterocycles. The zero-order chi connectivity index (χ0) is 21.6. The molecule has 31 heavy (non-hydrogen) atoms. The molecule has 5 rings (SSSR count). The largest absolute Gasteiger partial charge is 0.493 e. The van der Waals surface area contributed by atoms with E-state index in [0.717, 1.165) is 24.2 Å². The average molecular weight is 436 g/mol. The van der Waals surface area contributed by atoms with Crippen LogP contribution in [0.2, 0.25) is 0 Å². The smallest absolute Gasteiger partial charge is 0.259 e.